The van der Waals surface area contributed by atoms with Crippen LogP contribution in [0.3, 0.4) is 0 Å². The molecule has 1 saturated heterocycles. The van der Waals surface area contributed by atoms with Crippen LogP contribution in [0.1, 0.15) is 65.8 Å². The first kappa shape index (κ1) is 22.6. The maximum atomic E-state index is 13.0. The fraction of sp³-hybridized carbons (Fsp3) is 0.400. The summed E-state index contributed by atoms with van der Waals surface area (Å²) in [7, 11) is 0. The van der Waals surface area contributed by atoms with Crippen molar-refractivity contribution in [3.8, 4) is 0 Å². The quantitative estimate of drug-likeness (QED) is 0.590. The van der Waals surface area contributed by atoms with Gasteiger partial charge in [0.05, 0.1) is 17.3 Å². The molecule has 1 N–H and O–H groups in total. The first-order valence-corrected chi connectivity index (χ1v) is 11.5. The largest absolute Gasteiger partial charge is 0.335 e. The zero-order valence-electron chi connectivity index (χ0n) is 19.2. The van der Waals surface area contributed by atoms with E-state index in [1.54, 1.807) is 12.4 Å². The average Bonchev–Trinajstić information content (AvgIpc) is 3.24. The molecule has 3 aromatic rings. The van der Waals surface area contributed by atoms with Crippen LogP contribution in [0.5, 0.6) is 0 Å². The van der Waals surface area contributed by atoms with E-state index in [4.69, 9.17) is 0 Å². The number of aryl methyl sites for hydroxylation is 3. The van der Waals surface area contributed by atoms with Gasteiger partial charge >= 0.3 is 0 Å². The van der Waals surface area contributed by atoms with Gasteiger partial charge in [-0.3, -0.25) is 9.59 Å². The van der Waals surface area contributed by atoms with Crippen LogP contribution in [0.4, 0.5) is 5.69 Å². The second-order valence-electron chi connectivity index (χ2n) is 8.42. The number of para-hydroxylation sites is 1. The number of benzene rings is 1. The molecule has 3 heterocycles. The van der Waals surface area contributed by atoms with Gasteiger partial charge in [-0.05, 0) is 51.7 Å². The third-order valence-corrected chi connectivity index (χ3v) is 6.11. The summed E-state index contributed by atoms with van der Waals surface area (Å²) in [6.07, 6.45) is 9.39. The zero-order chi connectivity index (χ0) is 23.2. The lowest BCUT2D eigenvalue weighted by Crippen LogP contribution is -2.39. The molecule has 1 aromatic carbocycles. The van der Waals surface area contributed by atoms with Crippen LogP contribution in [0.25, 0.3) is 0 Å². The Bertz CT molecular complexity index is 1110. The van der Waals surface area contributed by atoms with Crippen LogP contribution >= 0.6 is 0 Å². The molecule has 0 spiro atoms. The summed E-state index contributed by atoms with van der Waals surface area (Å²) >= 11 is 0. The minimum Gasteiger partial charge on any atom is -0.335 e. The Morgan fingerprint density at radius 2 is 1.94 bits per heavy atom. The van der Waals surface area contributed by atoms with Gasteiger partial charge in [-0.15, -0.1) is 0 Å². The van der Waals surface area contributed by atoms with Crippen molar-refractivity contribution >= 4 is 17.5 Å². The highest BCUT2D eigenvalue weighted by Gasteiger charge is 2.30. The van der Waals surface area contributed by atoms with Gasteiger partial charge in [0.25, 0.3) is 5.91 Å². The standard InChI is InChI=1S/C25H30N6O2/c1-18-21(25(33)29-20-9-4-3-5-10-20)17-27-24(28-18)22-11-6-7-15-31(22)23(32)12-8-14-30-16-13-26-19(30)2/h3-5,9-10,13,16-17,22H,6-8,11-12,14-15H2,1-2H3,(H,29,33). The number of rotatable bonds is 7. The van der Waals surface area contributed by atoms with E-state index in [-0.39, 0.29) is 17.9 Å². The number of nitrogens with zero attached hydrogens (tertiary/aromatic N) is 5. The minimum absolute atomic E-state index is 0.129. The van der Waals surface area contributed by atoms with E-state index in [1.165, 1.54) is 0 Å². The Hall–Kier alpha value is -3.55. The van der Waals surface area contributed by atoms with Gasteiger partial charge in [-0.25, -0.2) is 15.0 Å². The Morgan fingerprint density at radius 3 is 2.67 bits per heavy atom. The molecule has 1 atom stereocenters. The Labute approximate surface area is 194 Å². The van der Waals surface area contributed by atoms with Gasteiger partial charge in [0, 0.05) is 43.8 Å². The molecule has 1 aliphatic rings. The summed E-state index contributed by atoms with van der Waals surface area (Å²) in [5.74, 6) is 1.46. The van der Waals surface area contributed by atoms with Crippen molar-refractivity contribution in [3.05, 3.63) is 71.8 Å². The molecular formula is C25H30N6O2. The first-order valence-electron chi connectivity index (χ1n) is 11.5. The molecule has 0 aliphatic carbocycles. The number of carbonyl (C=O) groups is 2. The monoisotopic (exact) mass is 446 g/mol. The summed E-state index contributed by atoms with van der Waals surface area (Å²) < 4.78 is 2.06. The van der Waals surface area contributed by atoms with Gasteiger partial charge in [0.1, 0.15) is 5.82 Å². The number of anilines is 1. The van der Waals surface area contributed by atoms with Crippen molar-refractivity contribution in [2.75, 3.05) is 11.9 Å². The number of piperidine rings is 1. The molecule has 0 saturated carbocycles. The second-order valence-corrected chi connectivity index (χ2v) is 8.42. The molecule has 0 radical (unpaired) electrons. The van der Waals surface area contributed by atoms with Crippen LogP contribution in [0.2, 0.25) is 0 Å². The second kappa shape index (κ2) is 10.4. The first-order chi connectivity index (χ1) is 16.0. The molecule has 1 aliphatic heterocycles. The molecule has 1 unspecified atom stereocenters. The number of aromatic nitrogens is 4. The Kier molecular flexibility index (Phi) is 7.12. The minimum atomic E-state index is -0.239. The fourth-order valence-electron chi connectivity index (χ4n) is 4.27. The highest BCUT2D eigenvalue weighted by atomic mass is 16.2. The molecule has 2 aromatic heterocycles. The molecular weight excluding hydrogens is 416 g/mol. The number of hydrogen-bond acceptors (Lipinski definition) is 5. The van der Waals surface area contributed by atoms with E-state index in [9.17, 15) is 9.59 Å². The molecule has 172 valence electrons. The number of amides is 2. The lowest BCUT2D eigenvalue weighted by Gasteiger charge is -2.35. The number of likely N-dealkylation sites (tertiary alicyclic amines) is 1. The topological polar surface area (TPSA) is 93.0 Å². The van der Waals surface area contributed by atoms with E-state index < -0.39 is 0 Å². The maximum absolute atomic E-state index is 13.0. The van der Waals surface area contributed by atoms with Crippen LogP contribution < -0.4 is 5.32 Å². The molecule has 2 amide bonds. The van der Waals surface area contributed by atoms with Gasteiger partial charge < -0.3 is 14.8 Å². The number of nitrogens with one attached hydrogen (secondary N) is 1. The van der Waals surface area contributed by atoms with Crippen LogP contribution in [0, 0.1) is 13.8 Å². The molecule has 8 nitrogen and oxygen atoms in total. The normalized spacial score (nSPS) is 15.9. The predicted octanol–water partition coefficient (Wildman–Crippen LogP) is 4.08. The third-order valence-electron chi connectivity index (χ3n) is 6.11. The number of imidazole rings is 1. The third kappa shape index (κ3) is 5.45. The molecule has 8 heteroatoms. The Balaban J connectivity index is 1.42. The molecule has 1 fully saturated rings. The van der Waals surface area contributed by atoms with Crippen molar-refractivity contribution in [3.63, 3.8) is 0 Å². The van der Waals surface area contributed by atoms with Gasteiger partial charge in [0.15, 0.2) is 5.82 Å². The molecule has 33 heavy (non-hydrogen) atoms. The summed E-state index contributed by atoms with van der Waals surface area (Å²) in [5.41, 5.74) is 1.77. The van der Waals surface area contributed by atoms with Gasteiger partial charge in [-0.1, -0.05) is 18.2 Å². The lowest BCUT2D eigenvalue weighted by atomic mass is 10.00. The van der Waals surface area contributed by atoms with Crippen molar-refractivity contribution in [1.82, 2.24) is 24.4 Å². The summed E-state index contributed by atoms with van der Waals surface area (Å²) in [6, 6.07) is 9.16. The van der Waals surface area contributed by atoms with Gasteiger partial charge in [0.2, 0.25) is 5.91 Å². The van der Waals surface area contributed by atoms with Crippen molar-refractivity contribution in [1.29, 1.82) is 0 Å². The smallest absolute Gasteiger partial charge is 0.259 e. The Morgan fingerprint density at radius 1 is 1.12 bits per heavy atom. The van der Waals surface area contributed by atoms with Crippen molar-refractivity contribution in [2.24, 2.45) is 0 Å². The zero-order valence-corrected chi connectivity index (χ0v) is 19.2. The molecule has 0 bridgehead atoms. The summed E-state index contributed by atoms with van der Waals surface area (Å²) in [6.45, 7) is 5.27. The highest BCUT2D eigenvalue weighted by molar-refractivity contribution is 6.04. The van der Waals surface area contributed by atoms with Crippen LogP contribution in [-0.2, 0) is 11.3 Å². The number of carbonyl (C=O) groups excluding carboxylic acids is 2. The van der Waals surface area contributed by atoms with E-state index in [0.29, 0.717) is 30.0 Å². The SMILES string of the molecule is Cc1nc(C2CCCCN2C(=O)CCCn2ccnc2C)ncc1C(=O)Nc1ccccc1. The average molecular weight is 447 g/mol. The van der Waals surface area contributed by atoms with E-state index in [1.807, 2.05) is 55.3 Å². The van der Waals surface area contributed by atoms with E-state index in [2.05, 4.69) is 24.8 Å². The lowest BCUT2D eigenvalue weighted by molar-refractivity contribution is -0.135. The fourth-order valence-corrected chi connectivity index (χ4v) is 4.27. The highest BCUT2D eigenvalue weighted by Crippen LogP contribution is 2.30. The predicted molar refractivity (Wildman–Crippen MR) is 126 cm³/mol. The summed E-state index contributed by atoms with van der Waals surface area (Å²) in [4.78, 5) is 41.0. The van der Waals surface area contributed by atoms with Crippen molar-refractivity contribution in [2.45, 2.75) is 58.5 Å². The number of hydrogen-bond donors (Lipinski definition) is 1. The van der Waals surface area contributed by atoms with E-state index in [0.717, 1.165) is 43.7 Å². The van der Waals surface area contributed by atoms with Crippen molar-refractivity contribution < 1.29 is 9.59 Å². The van der Waals surface area contributed by atoms with Crippen LogP contribution in [-0.4, -0.2) is 42.8 Å². The van der Waals surface area contributed by atoms with Crippen LogP contribution in [0.15, 0.2) is 48.9 Å². The molecule has 4 rings (SSSR count). The van der Waals surface area contributed by atoms with Gasteiger partial charge in [-0.2, -0.15) is 0 Å². The maximum Gasteiger partial charge on any atom is 0.259 e. The van der Waals surface area contributed by atoms with E-state index >= 15 is 0 Å². The summed E-state index contributed by atoms with van der Waals surface area (Å²) in [5, 5.41) is 2.87.